The lowest BCUT2D eigenvalue weighted by Gasteiger charge is -2.06. The van der Waals surface area contributed by atoms with Gasteiger partial charge in [-0.15, -0.1) is 0 Å². The van der Waals surface area contributed by atoms with Gasteiger partial charge in [0.25, 0.3) is 0 Å². The predicted octanol–water partition coefficient (Wildman–Crippen LogP) is 8.25. The van der Waals surface area contributed by atoms with Crippen molar-refractivity contribution >= 4 is 10.9 Å². The Kier molecular flexibility index (Phi) is 24.5. The van der Waals surface area contributed by atoms with Gasteiger partial charge in [0.05, 0.1) is 10.9 Å². The molecule has 0 aliphatic rings. The molecule has 0 aliphatic heterocycles. The zero-order valence-electron chi connectivity index (χ0n) is 17.1. The van der Waals surface area contributed by atoms with E-state index in [4.69, 9.17) is 0 Å². The standard InChI is InChI=1S/C18H19S.3C2H6/c1-5-7-12-16(3)19(17(4)13-8-6-2)18-14-10-9-11-15-18;3*1-2/h5-15H,1-4H2;3*1-2H3/q+1;;;/b12-7-,13-8-;;;. The molecule has 0 nitrogen and oxygen atoms in total. The Hall–Kier alpha value is -1.99. The van der Waals surface area contributed by atoms with E-state index in [0.717, 1.165) is 9.81 Å². The molecule has 0 N–H and O–H groups in total. The molecule has 0 saturated carbocycles. The van der Waals surface area contributed by atoms with Crippen LogP contribution in [0.1, 0.15) is 41.5 Å². The van der Waals surface area contributed by atoms with E-state index in [1.807, 2.05) is 84.0 Å². The third-order valence-electron chi connectivity index (χ3n) is 2.34. The Balaban J connectivity index is -0.000000725. The van der Waals surface area contributed by atoms with Crippen LogP contribution in [0.5, 0.6) is 0 Å². The number of allylic oxidation sites excluding steroid dienone is 6. The van der Waals surface area contributed by atoms with Crippen LogP contribution in [-0.2, 0) is 10.9 Å². The van der Waals surface area contributed by atoms with Gasteiger partial charge in [-0.1, -0.05) is 97.2 Å². The van der Waals surface area contributed by atoms with Gasteiger partial charge in [0.2, 0.25) is 0 Å². The van der Waals surface area contributed by atoms with Crippen LogP contribution in [-0.4, -0.2) is 0 Å². The minimum absolute atomic E-state index is 0.238. The van der Waals surface area contributed by atoms with Crippen molar-refractivity contribution in [3.8, 4) is 0 Å². The third kappa shape index (κ3) is 13.0. The van der Waals surface area contributed by atoms with Gasteiger partial charge in [-0.25, -0.2) is 0 Å². The molecule has 0 atom stereocenters. The fraction of sp³-hybridized carbons (Fsp3) is 0.250. The molecule has 0 saturated heterocycles. The van der Waals surface area contributed by atoms with Crippen LogP contribution in [0.2, 0.25) is 0 Å². The Morgan fingerprint density at radius 3 is 1.40 bits per heavy atom. The molecule has 25 heavy (non-hydrogen) atoms. The highest BCUT2D eigenvalue weighted by Gasteiger charge is 2.27. The van der Waals surface area contributed by atoms with Crippen molar-refractivity contribution in [3.05, 3.63) is 103 Å². The van der Waals surface area contributed by atoms with Gasteiger partial charge in [-0.05, 0) is 37.4 Å². The highest BCUT2D eigenvalue weighted by molar-refractivity contribution is 8.04. The van der Waals surface area contributed by atoms with Crippen LogP contribution in [0, 0.1) is 0 Å². The van der Waals surface area contributed by atoms with E-state index in [1.54, 1.807) is 12.2 Å². The van der Waals surface area contributed by atoms with E-state index in [2.05, 4.69) is 38.4 Å². The molecular formula is C24H37S+. The van der Waals surface area contributed by atoms with Crippen LogP contribution >= 0.6 is 0 Å². The molecule has 0 fully saturated rings. The summed E-state index contributed by atoms with van der Waals surface area (Å²) in [5, 5.41) is 0. The van der Waals surface area contributed by atoms with Crippen LogP contribution in [0.15, 0.2) is 108 Å². The highest BCUT2D eigenvalue weighted by Crippen LogP contribution is 2.28. The second kappa shape index (κ2) is 22.0. The van der Waals surface area contributed by atoms with Gasteiger partial charge in [-0.3, -0.25) is 0 Å². The van der Waals surface area contributed by atoms with Crippen molar-refractivity contribution in [1.29, 1.82) is 0 Å². The number of hydrogen-bond acceptors (Lipinski definition) is 0. The van der Waals surface area contributed by atoms with Gasteiger partial charge in [-0.2, -0.15) is 0 Å². The van der Waals surface area contributed by atoms with Crippen molar-refractivity contribution in [3.63, 3.8) is 0 Å². The van der Waals surface area contributed by atoms with Crippen LogP contribution in [0.25, 0.3) is 0 Å². The fourth-order valence-corrected chi connectivity index (χ4v) is 3.32. The summed E-state index contributed by atoms with van der Waals surface area (Å²) in [7, 11) is -0.238. The van der Waals surface area contributed by atoms with Crippen molar-refractivity contribution in [2.24, 2.45) is 0 Å². The summed E-state index contributed by atoms with van der Waals surface area (Å²) in [5.41, 5.74) is 0. The van der Waals surface area contributed by atoms with Crippen molar-refractivity contribution in [2.45, 2.75) is 46.4 Å². The van der Waals surface area contributed by atoms with E-state index in [9.17, 15) is 0 Å². The van der Waals surface area contributed by atoms with Crippen LogP contribution in [0.4, 0.5) is 0 Å². The average Bonchev–Trinajstić information content (AvgIpc) is 2.70. The summed E-state index contributed by atoms with van der Waals surface area (Å²) in [4.78, 5) is 3.24. The largest absolute Gasteiger partial charge is 0.166 e. The first-order chi connectivity index (χ1) is 12.2. The van der Waals surface area contributed by atoms with Gasteiger partial charge < -0.3 is 0 Å². The summed E-state index contributed by atoms with van der Waals surface area (Å²) in [6.07, 6.45) is 11.3. The lowest BCUT2D eigenvalue weighted by Crippen LogP contribution is -2.05. The summed E-state index contributed by atoms with van der Waals surface area (Å²) >= 11 is 0. The summed E-state index contributed by atoms with van der Waals surface area (Å²) in [6, 6.07) is 10.3. The van der Waals surface area contributed by atoms with E-state index >= 15 is 0 Å². The van der Waals surface area contributed by atoms with E-state index in [1.165, 1.54) is 4.90 Å². The SMILES string of the molecule is C=C/C=C\C(=C)[S+](C(=C)/C=C\C=C)c1ccccc1.CC.CC.CC. The van der Waals surface area contributed by atoms with Crippen molar-refractivity contribution < 1.29 is 0 Å². The first kappa shape index (κ1) is 27.8. The first-order valence-electron chi connectivity index (χ1n) is 8.96. The molecule has 0 unspecified atom stereocenters. The zero-order valence-corrected chi connectivity index (χ0v) is 17.9. The zero-order chi connectivity index (χ0) is 20.1. The second-order valence-electron chi connectivity index (χ2n) is 3.74. The number of rotatable bonds is 7. The van der Waals surface area contributed by atoms with Gasteiger partial charge >= 0.3 is 0 Å². The second-order valence-corrected chi connectivity index (χ2v) is 5.87. The Morgan fingerprint density at radius 1 is 0.720 bits per heavy atom. The van der Waals surface area contributed by atoms with Crippen molar-refractivity contribution in [2.75, 3.05) is 0 Å². The number of benzene rings is 1. The molecular weight excluding hydrogens is 320 g/mol. The predicted molar refractivity (Wildman–Crippen MR) is 123 cm³/mol. The molecule has 0 aromatic heterocycles. The average molecular weight is 358 g/mol. The molecule has 0 radical (unpaired) electrons. The van der Waals surface area contributed by atoms with Gasteiger partial charge in [0.1, 0.15) is 0 Å². The van der Waals surface area contributed by atoms with Crippen molar-refractivity contribution in [1.82, 2.24) is 0 Å². The quantitative estimate of drug-likeness (QED) is 0.340. The monoisotopic (exact) mass is 357 g/mol. The molecule has 1 aromatic carbocycles. The Bertz CT molecular complexity index is 488. The summed E-state index contributed by atoms with van der Waals surface area (Å²) in [5.74, 6) is 0. The fourth-order valence-electron chi connectivity index (χ4n) is 1.51. The first-order valence-corrected chi connectivity index (χ1v) is 10.2. The van der Waals surface area contributed by atoms with Gasteiger partial charge in [0, 0.05) is 0 Å². The maximum Gasteiger partial charge on any atom is 0.166 e. The maximum absolute atomic E-state index is 4.16. The molecule has 0 heterocycles. The molecule has 1 heteroatoms. The number of hydrogen-bond donors (Lipinski definition) is 0. The lowest BCUT2D eigenvalue weighted by atomic mass is 10.4. The third-order valence-corrected chi connectivity index (χ3v) is 4.40. The highest BCUT2D eigenvalue weighted by atomic mass is 32.2. The van der Waals surface area contributed by atoms with Crippen LogP contribution < -0.4 is 0 Å². The molecule has 0 bridgehead atoms. The van der Waals surface area contributed by atoms with E-state index in [-0.39, 0.29) is 10.9 Å². The Morgan fingerprint density at radius 2 is 1.08 bits per heavy atom. The van der Waals surface area contributed by atoms with E-state index < -0.39 is 0 Å². The summed E-state index contributed by atoms with van der Waals surface area (Å²) < 4.78 is 0. The smallest absolute Gasteiger partial charge is 0.0991 e. The van der Waals surface area contributed by atoms with E-state index in [0.29, 0.717) is 0 Å². The lowest BCUT2D eigenvalue weighted by molar-refractivity contribution is 1.45. The molecule has 0 spiro atoms. The van der Waals surface area contributed by atoms with Gasteiger partial charge in [0.15, 0.2) is 14.7 Å². The minimum atomic E-state index is -0.238. The van der Waals surface area contributed by atoms with Crippen LogP contribution in [0.3, 0.4) is 0 Å². The topological polar surface area (TPSA) is 0 Å². The molecule has 1 aromatic rings. The maximum atomic E-state index is 4.16. The molecule has 0 aliphatic carbocycles. The normalized spacial score (nSPS) is 9.08. The molecule has 1 rings (SSSR count). The molecule has 0 amide bonds. The Labute approximate surface area is 160 Å². The minimum Gasteiger partial charge on any atom is -0.0991 e. The summed E-state index contributed by atoms with van der Waals surface area (Å²) in [6.45, 7) is 27.7. The molecule has 138 valence electrons.